The molecule has 28 heavy (non-hydrogen) atoms. The van der Waals surface area contributed by atoms with Crippen LogP contribution in [0.2, 0.25) is 0 Å². The Kier molecular flexibility index (Phi) is 5.87. The molecule has 0 radical (unpaired) electrons. The third-order valence-corrected chi connectivity index (χ3v) is 6.53. The first-order chi connectivity index (χ1) is 13.3. The summed E-state index contributed by atoms with van der Waals surface area (Å²) < 4.78 is 34.7. The van der Waals surface area contributed by atoms with Crippen molar-refractivity contribution in [3.63, 3.8) is 0 Å². The summed E-state index contributed by atoms with van der Waals surface area (Å²) in [5, 5.41) is 0. The molecule has 1 aliphatic heterocycles. The van der Waals surface area contributed by atoms with E-state index in [1.807, 2.05) is 0 Å². The van der Waals surface area contributed by atoms with E-state index >= 15 is 0 Å². The highest BCUT2D eigenvalue weighted by Gasteiger charge is 2.34. The van der Waals surface area contributed by atoms with E-state index < -0.39 is 34.1 Å². The summed E-state index contributed by atoms with van der Waals surface area (Å²) in [6.07, 6.45) is 0.299. The maximum atomic E-state index is 12.3. The number of esters is 1. The minimum absolute atomic E-state index is 0.0585. The zero-order valence-corrected chi connectivity index (χ0v) is 16.3. The highest BCUT2D eigenvalue weighted by Crippen LogP contribution is 2.18. The van der Waals surface area contributed by atoms with Crippen LogP contribution >= 0.6 is 0 Å². The number of benzene rings is 1. The van der Waals surface area contributed by atoms with Crippen LogP contribution in [0, 0.1) is 0 Å². The first kappa shape index (κ1) is 20.1. The lowest BCUT2D eigenvalue weighted by Crippen LogP contribution is -2.43. The van der Waals surface area contributed by atoms with Gasteiger partial charge in [-0.25, -0.2) is 13.2 Å². The average molecular weight is 410 g/mol. The second-order valence-corrected chi connectivity index (χ2v) is 8.86. The number of hydrogen-bond donors (Lipinski definition) is 0. The van der Waals surface area contributed by atoms with Gasteiger partial charge in [-0.2, -0.15) is 0 Å². The molecule has 9 nitrogen and oxygen atoms in total. The van der Waals surface area contributed by atoms with Crippen LogP contribution in [0.25, 0.3) is 11.1 Å². The van der Waals surface area contributed by atoms with E-state index in [1.165, 1.54) is 9.47 Å². The molecule has 1 fully saturated rings. The zero-order chi connectivity index (χ0) is 20.3. The molecule has 2 heterocycles. The summed E-state index contributed by atoms with van der Waals surface area (Å²) in [6, 6.07) is 6.49. The zero-order valence-electron chi connectivity index (χ0n) is 15.5. The van der Waals surface area contributed by atoms with E-state index in [-0.39, 0.29) is 30.5 Å². The van der Waals surface area contributed by atoms with Gasteiger partial charge in [0.25, 0.3) is 5.91 Å². The number of amides is 1. The molecule has 0 bridgehead atoms. The Hall–Kier alpha value is -2.62. The van der Waals surface area contributed by atoms with Gasteiger partial charge in [-0.15, -0.1) is 0 Å². The molecule has 1 amide bonds. The van der Waals surface area contributed by atoms with Crippen molar-refractivity contribution in [3.8, 4) is 0 Å². The number of carbonyl (C=O) groups excluding carboxylic acids is 2. The molecule has 2 aromatic rings. The second-order valence-electron chi connectivity index (χ2n) is 6.63. The number of nitrogens with zero attached hydrogens (tertiary/aromatic N) is 2. The molecule has 1 saturated heterocycles. The maximum absolute atomic E-state index is 12.3. The molecule has 0 N–H and O–H groups in total. The fourth-order valence-electron chi connectivity index (χ4n) is 3.39. The summed E-state index contributed by atoms with van der Waals surface area (Å²) in [5.41, 5.74) is 1.01. The standard InChI is InChI=1S/C18H22N2O7S/c1-2-19(13-8-10-28(24,25)12-13)16(21)11-26-17(22)7-9-20-14-5-3-4-6-15(14)27-18(20)23/h3-6,13H,2,7-12H2,1H3/t13-/m1/s1. The quantitative estimate of drug-likeness (QED) is 0.613. The van der Waals surface area contributed by atoms with Gasteiger partial charge in [-0.05, 0) is 25.5 Å². The van der Waals surface area contributed by atoms with Gasteiger partial charge in [0, 0.05) is 19.1 Å². The summed E-state index contributed by atoms with van der Waals surface area (Å²) in [5.74, 6) is -1.61. The topological polar surface area (TPSA) is 116 Å². The van der Waals surface area contributed by atoms with Crippen LogP contribution in [0.15, 0.2) is 33.5 Å². The van der Waals surface area contributed by atoms with Crippen LogP contribution in [0.1, 0.15) is 19.8 Å². The predicted octanol–water partition coefficient (Wildman–Crippen LogP) is 0.563. The highest BCUT2D eigenvalue weighted by atomic mass is 32.2. The number of likely N-dealkylation sites (N-methyl/N-ethyl adjacent to an activating group) is 1. The van der Waals surface area contributed by atoms with Crippen LogP contribution in [0.3, 0.4) is 0 Å². The number of ether oxygens (including phenoxy) is 1. The van der Waals surface area contributed by atoms with Crippen molar-refractivity contribution in [3.05, 3.63) is 34.8 Å². The summed E-state index contributed by atoms with van der Waals surface area (Å²) in [4.78, 5) is 37.6. The molecule has 0 unspecified atom stereocenters. The summed E-state index contributed by atoms with van der Waals surface area (Å²) in [6.45, 7) is 1.71. The lowest BCUT2D eigenvalue weighted by atomic mass is 10.2. The first-order valence-electron chi connectivity index (χ1n) is 9.04. The van der Waals surface area contributed by atoms with Crippen molar-refractivity contribution >= 4 is 32.8 Å². The number of oxazole rings is 1. The molecule has 3 rings (SSSR count). The average Bonchev–Trinajstić information content (AvgIpc) is 3.17. The molecular weight excluding hydrogens is 388 g/mol. The lowest BCUT2D eigenvalue weighted by Gasteiger charge is -2.26. The van der Waals surface area contributed by atoms with Gasteiger partial charge in [0.05, 0.1) is 23.4 Å². The Morgan fingerprint density at radius 1 is 1.32 bits per heavy atom. The van der Waals surface area contributed by atoms with E-state index in [9.17, 15) is 22.8 Å². The molecule has 0 spiro atoms. The minimum atomic E-state index is -3.11. The molecule has 1 aliphatic rings. The van der Waals surface area contributed by atoms with Crippen LogP contribution in [0.4, 0.5) is 0 Å². The van der Waals surface area contributed by atoms with Crippen molar-refractivity contribution in [2.75, 3.05) is 24.7 Å². The monoisotopic (exact) mass is 410 g/mol. The molecule has 0 saturated carbocycles. The van der Waals surface area contributed by atoms with E-state index in [0.29, 0.717) is 24.1 Å². The van der Waals surface area contributed by atoms with E-state index in [4.69, 9.17) is 9.15 Å². The molecular formula is C18H22N2O7S. The van der Waals surface area contributed by atoms with Crippen molar-refractivity contribution < 1.29 is 27.2 Å². The maximum Gasteiger partial charge on any atom is 0.419 e. The minimum Gasteiger partial charge on any atom is -0.456 e. The molecule has 10 heteroatoms. The third-order valence-electron chi connectivity index (χ3n) is 4.78. The lowest BCUT2D eigenvalue weighted by molar-refractivity contribution is -0.152. The Bertz CT molecular complexity index is 1040. The number of fused-ring (bicyclic) bond motifs is 1. The number of aryl methyl sites for hydroxylation is 1. The number of para-hydroxylation sites is 2. The van der Waals surface area contributed by atoms with Gasteiger partial charge in [-0.1, -0.05) is 12.1 Å². The summed E-state index contributed by atoms with van der Waals surface area (Å²) >= 11 is 0. The highest BCUT2D eigenvalue weighted by molar-refractivity contribution is 7.91. The van der Waals surface area contributed by atoms with Gasteiger partial charge >= 0.3 is 11.7 Å². The number of rotatable bonds is 7. The van der Waals surface area contributed by atoms with Crippen molar-refractivity contribution in [1.29, 1.82) is 0 Å². The number of sulfone groups is 1. The number of carbonyl (C=O) groups is 2. The number of aromatic nitrogens is 1. The van der Waals surface area contributed by atoms with Gasteiger partial charge in [0.15, 0.2) is 22.0 Å². The molecule has 1 atom stereocenters. The summed E-state index contributed by atoms with van der Waals surface area (Å²) in [7, 11) is -3.11. The first-order valence-corrected chi connectivity index (χ1v) is 10.9. The molecule has 152 valence electrons. The van der Waals surface area contributed by atoms with Gasteiger partial charge < -0.3 is 14.1 Å². The normalized spacial score (nSPS) is 18.2. The SMILES string of the molecule is CCN(C(=O)COC(=O)CCn1c(=O)oc2ccccc21)[C@@H]1CCS(=O)(=O)C1. The van der Waals surface area contributed by atoms with Crippen LogP contribution in [-0.2, 0) is 30.7 Å². The third kappa shape index (κ3) is 4.44. The van der Waals surface area contributed by atoms with Gasteiger partial charge in [0.1, 0.15) is 0 Å². The molecule has 0 aliphatic carbocycles. The van der Waals surface area contributed by atoms with Crippen LogP contribution < -0.4 is 5.76 Å². The van der Waals surface area contributed by atoms with E-state index in [0.717, 1.165) is 0 Å². The largest absolute Gasteiger partial charge is 0.456 e. The van der Waals surface area contributed by atoms with Crippen molar-refractivity contribution in [1.82, 2.24) is 9.47 Å². The smallest absolute Gasteiger partial charge is 0.419 e. The van der Waals surface area contributed by atoms with Gasteiger partial charge in [0.2, 0.25) is 0 Å². The van der Waals surface area contributed by atoms with E-state index in [1.54, 1.807) is 31.2 Å². The van der Waals surface area contributed by atoms with Crippen molar-refractivity contribution in [2.24, 2.45) is 0 Å². The van der Waals surface area contributed by atoms with Crippen LogP contribution in [0.5, 0.6) is 0 Å². The fourth-order valence-corrected chi connectivity index (χ4v) is 5.12. The Morgan fingerprint density at radius 3 is 2.75 bits per heavy atom. The van der Waals surface area contributed by atoms with E-state index in [2.05, 4.69) is 0 Å². The second kappa shape index (κ2) is 8.17. The van der Waals surface area contributed by atoms with Crippen molar-refractivity contribution in [2.45, 2.75) is 32.4 Å². The van der Waals surface area contributed by atoms with Crippen LogP contribution in [-0.4, -0.2) is 60.5 Å². The fraction of sp³-hybridized carbons (Fsp3) is 0.500. The Balaban J connectivity index is 1.53. The molecule has 1 aromatic carbocycles. The number of hydrogen-bond acceptors (Lipinski definition) is 7. The molecule has 1 aromatic heterocycles. The Labute approximate surface area is 161 Å². The Morgan fingerprint density at radius 2 is 2.07 bits per heavy atom. The van der Waals surface area contributed by atoms with Gasteiger partial charge in [-0.3, -0.25) is 14.2 Å². The predicted molar refractivity (Wildman–Crippen MR) is 100 cm³/mol.